The van der Waals surface area contributed by atoms with E-state index in [4.69, 9.17) is 16.3 Å². The number of benzene rings is 2. The molecule has 2 heterocycles. The highest BCUT2D eigenvalue weighted by atomic mass is 35.5. The van der Waals surface area contributed by atoms with Gasteiger partial charge in [0.25, 0.3) is 5.91 Å². The lowest BCUT2D eigenvalue weighted by molar-refractivity contribution is -0.127. The molecule has 0 bridgehead atoms. The van der Waals surface area contributed by atoms with Gasteiger partial charge in [0.15, 0.2) is 17.6 Å². The first-order valence-corrected chi connectivity index (χ1v) is 9.44. The van der Waals surface area contributed by atoms with Gasteiger partial charge < -0.3 is 10.1 Å². The number of rotatable bonds is 6. The molecule has 0 saturated heterocycles. The molecule has 29 heavy (non-hydrogen) atoms. The summed E-state index contributed by atoms with van der Waals surface area (Å²) in [7, 11) is 0. The molecule has 1 amide bonds. The van der Waals surface area contributed by atoms with Crippen molar-refractivity contribution in [3.05, 3.63) is 77.6 Å². The predicted octanol–water partition coefficient (Wildman–Crippen LogP) is 3.53. The summed E-state index contributed by atoms with van der Waals surface area (Å²) < 4.78 is 7.27. The summed E-state index contributed by atoms with van der Waals surface area (Å²) >= 11 is 5.86. The standard InChI is InChI=1S/C21H18ClN5O2/c1-14(29-17-9-7-16(22)8-10-17)21(28)23-13-20-25-24-19-12-11-18(26-27(19)20)15-5-3-2-4-6-15/h2-12,14H,13H2,1H3,(H,23,28)/t14-/m1/s1. The Morgan fingerprint density at radius 2 is 1.83 bits per heavy atom. The van der Waals surface area contributed by atoms with Crippen LogP contribution >= 0.6 is 11.6 Å². The number of hydrogen-bond donors (Lipinski definition) is 1. The Balaban J connectivity index is 1.45. The van der Waals surface area contributed by atoms with Crippen molar-refractivity contribution in [2.75, 3.05) is 0 Å². The van der Waals surface area contributed by atoms with E-state index in [1.807, 2.05) is 42.5 Å². The van der Waals surface area contributed by atoms with Crippen molar-refractivity contribution in [1.82, 2.24) is 25.1 Å². The van der Waals surface area contributed by atoms with Crippen LogP contribution in [0.15, 0.2) is 66.7 Å². The van der Waals surface area contributed by atoms with E-state index in [9.17, 15) is 4.79 Å². The summed E-state index contributed by atoms with van der Waals surface area (Å²) in [5.41, 5.74) is 2.40. The Kier molecular flexibility index (Phi) is 5.39. The highest BCUT2D eigenvalue weighted by Gasteiger charge is 2.16. The molecule has 0 saturated carbocycles. The predicted molar refractivity (Wildman–Crippen MR) is 110 cm³/mol. The summed E-state index contributed by atoms with van der Waals surface area (Å²) in [6, 6.07) is 20.4. The molecular weight excluding hydrogens is 390 g/mol. The third kappa shape index (κ3) is 4.35. The monoisotopic (exact) mass is 407 g/mol. The van der Waals surface area contributed by atoms with Gasteiger partial charge in [-0.1, -0.05) is 41.9 Å². The fraction of sp³-hybridized carbons (Fsp3) is 0.143. The van der Waals surface area contributed by atoms with Gasteiger partial charge in [-0.05, 0) is 43.3 Å². The van der Waals surface area contributed by atoms with E-state index < -0.39 is 6.10 Å². The van der Waals surface area contributed by atoms with E-state index in [1.54, 1.807) is 35.7 Å². The first-order chi connectivity index (χ1) is 14.1. The first-order valence-electron chi connectivity index (χ1n) is 9.07. The van der Waals surface area contributed by atoms with Crippen LogP contribution in [0.25, 0.3) is 16.9 Å². The van der Waals surface area contributed by atoms with Crippen molar-refractivity contribution < 1.29 is 9.53 Å². The van der Waals surface area contributed by atoms with Gasteiger partial charge in [-0.2, -0.15) is 9.61 Å². The molecule has 0 aliphatic rings. The minimum Gasteiger partial charge on any atom is -0.481 e. The molecule has 2 aromatic heterocycles. The maximum Gasteiger partial charge on any atom is 0.261 e. The average molecular weight is 408 g/mol. The Morgan fingerprint density at radius 3 is 2.59 bits per heavy atom. The Hall–Kier alpha value is -3.45. The number of ether oxygens (including phenoxy) is 1. The van der Waals surface area contributed by atoms with Crippen LogP contribution in [0.1, 0.15) is 12.7 Å². The van der Waals surface area contributed by atoms with E-state index in [1.165, 1.54) is 0 Å². The highest BCUT2D eigenvalue weighted by molar-refractivity contribution is 6.30. The minimum absolute atomic E-state index is 0.180. The lowest BCUT2D eigenvalue weighted by Crippen LogP contribution is -2.36. The molecule has 146 valence electrons. The number of aromatic nitrogens is 4. The first kappa shape index (κ1) is 18.9. The summed E-state index contributed by atoms with van der Waals surface area (Å²) in [6.07, 6.45) is -0.678. The maximum atomic E-state index is 12.4. The van der Waals surface area contributed by atoms with Crippen molar-refractivity contribution in [2.45, 2.75) is 19.6 Å². The molecule has 0 fully saturated rings. The van der Waals surface area contributed by atoms with Gasteiger partial charge in [0.05, 0.1) is 12.2 Å². The molecule has 2 aromatic carbocycles. The normalized spacial score (nSPS) is 11.9. The van der Waals surface area contributed by atoms with Crippen LogP contribution in [0.3, 0.4) is 0 Å². The van der Waals surface area contributed by atoms with E-state index >= 15 is 0 Å². The molecule has 8 heteroatoms. The second kappa shape index (κ2) is 8.28. The van der Waals surface area contributed by atoms with Crippen molar-refractivity contribution in [3.8, 4) is 17.0 Å². The highest BCUT2D eigenvalue weighted by Crippen LogP contribution is 2.18. The molecule has 0 aliphatic heterocycles. The van der Waals surface area contributed by atoms with Crippen LogP contribution < -0.4 is 10.1 Å². The van der Waals surface area contributed by atoms with E-state index in [0.717, 1.165) is 11.3 Å². The van der Waals surface area contributed by atoms with E-state index in [-0.39, 0.29) is 12.5 Å². The van der Waals surface area contributed by atoms with Crippen LogP contribution in [0.5, 0.6) is 5.75 Å². The van der Waals surface area contributed by atoms with Gasteiger partial charge in [-0.25, -0.2) is 0 Å². The summed E-state index contributed by atoms with van der Waals surface area (Å²) in [6.45, 7) is 1.86. The maximum absolute atomic E-state index is 12.4. The van der Waals surface area contributed by atoms with Crippen molar-refractivity contribution in [3.63, 3.8) is 0 Å². The zero-order valence-corrected chi connectivity index (χ0v) is 16.4. The molecule has 4 rings (SSSR count). The van der Waals surface area contributed by atoms with Gasteiger partial charge in [0.2, 0.25) is 0 Å². The molecule has 7 nitrogen and oxygen atoms in total. The van der Waals surface area contributed by atoms with Crippen molar-refractivity contribution in [2.24, 2.45) is 0 Å². The van der Waals surface area contributed by atoms with E-state index in [0.29, 0.717) is 22.2 Å². The Labute approximate surface area is 172 Å². The zero-order chi connectivity index (χ0) is 20.2. The summed E-state index contributed by atoms with van der Waals surface area (Å²) in [4.78, 5) is 12.4. The minimum atomic E-state index is -0.678. The fourth-order valence-corrected chi connectivity index (χ4v) is 2.91. The largest absolute Gasteiger partial charge is 0.481 e. The number of fused-ring (bicyclic) bond motifs is 1. The number of halogens is 1. The topological polar surface area (TPSA) is 81.4 Å². The van der Waals surface area contributed by atoms with Crippen molar-refractivity contribution in [1.29, 1.82) is 0 Å². The van der Waals surface area contributed by atoms with Crippen LogP contribution in [0.4, 0.5) is 0 Å². The zero-order valence-electron chi connectivity index (χ0n) is 15.6. The van der Waals surface area contributed by atoms with Gasteiger partial charge in [0.1, 0.15) is 5.75 Å². The van der Waals surface area contributed by atoms with Crippen LogP contribution in [-0.4, -0.2) is 31.8 Å². The molecule has 0 unspecified atom stereocenters. The lowest BCUT2D eigenvalue weighted by Gasteiger charge is -2.14. The molecule has 4 aromatic rings. The lowest BCUT2D eigenvalue weighted by atomic mass is 10.1. The number of nitrogens with one attached hydrogen (secondary N) is 1. The van der Waals surface area contributed by atoms with Gasteiger partial charge in [-0.15, -0.1) is 10.2 Å². The van der Waals surface area contributed by atoms with Gasteiger partial charge in [0, 0.05) is 10.6 Å². The van der Waals surface area contributed by atoms with Gasteiger partial charge in [-0.3, -0.25) is 4.79 Å². The molecular formula is C21H18ClN5O2. The molecule has 1 N–H and O–H groups in total. The summed E-state index contributed by atoms with van der Waals surface area (Å²) in [5.74, 6) is 0.833. The van der Waals surface area contributed by atoms with Crippen LogP contribution in [0.2, 0.25) is 5.02 Å². The SMILES string of the molecule is C[C@@H](Oc1ccc(Cl)cc1)C(=O)NCc1nnc2ccc(-c3ccccc3)nn12. The molecule has 0 aliphatic carbocycles. The third-order valence-electron chi connectivity index (χ3n) is 4.31. The number of hydrogen-bond acceptors (Lipinski definition) is 5. The fourth-order valence-electron chi connectivity index (χ4n) is 2.79. The Morgan fingerprint density at radius 1 is 1.07 bits per heavy atom. The van der Waals surface area contributed by atoms with E-state index in [2.05, 4.69) is 20.6 Å². The quantitative estimate of drug-likeness (QED) is 0.528. The second-order valence-corrected chi connectivity index (χ2v) is 6.84. The number of amides is 1. The molecule has 0 spiro atoms. The van der Waals surface area contributed by atoms with Crippen LogP contribution in [0, 0.1) is 0 Å². The summed E-state index contributed by atoms with van der Waals surface area (Å²) in [5, 5.41) is 16.3. The van der Waals surface area contributed by atoms with Crippen LogP contribution in [-0.2, 0) is 11.3 Å². The van der Waals surface area contributed by atoms with Gasteiger partial charge >= 0.3 is 0 Å². The average Bonchev–Trinajstić information content (AvgIpc) is 3.16. The number of carbonyl (C=O) groups is 1. The molecule has 0 radical (unpaired) electrons. The third-order valence-corrected chi connectivity index (χ3v) is 4.57. The molecule has 1 atom stereocenters. The van der Waals surface area contributed by atoms with Crippen molar-refractivity contribution >= 4 is 23.2 Å². The number of carbonyl (C=O) groups excluding carboxylic acids is 1. The number of nitrogens with zero attached hydrogens (tertiary/aromatic N) is 4. The second-order valence-electron chi connectivity index (χ2n) is 6.40. The smallest absolute Gasteiger partial charge is 0.261 e. The Bertz CT molecular complexity index is 1130.